The summed E-state index contributed by atoms with van der Waals surface area (Å²) in [5.74, 6) is 1.37. The third-order valence-corrected chi connectivity index (χ3v) is 7.24. The lowest BCUT2D eigenvalue weighted by atomic mass is 10.1. The zero-order valence-electron chi connectivity index (χ0n) is 17.7. The summed E-state index contributed by atoms with van der Waals surface area (Å²) in [6.45, 7) is 4.72. The number of anilines is 1. The average molecular weight is 491 g/mol. The van der Waals surface area contributed by atoms with E-state index < -0.39 is 10.8 Å². The summed E-state index contributed by atoms with van der Waals surface area (Å²) < 4.78 is 18.2. The van der Waals surface area contributed by atoms with Gasteiger partial charge in [-0.2, -0.15) is 0 Å². The van der Waals surface area contributed by atoms with Crippen LogP contribution in [0.1, 0.15) is 27.4 Å². The Morgan fingerprint density at radius 2 is 1.62 bits per heavy atom. The van der Waals surface area contributed by atoms with Gasteiger partial charge in [-0.15, -0.1) is 0 Å². The molecule has 0 bridgehead atoms. The molecule has 1 amide bonds. The highest BCUT2D eigenvalue weighted by Crippen LogP contribution is 2.26. The van der Waals surface area contributed by atoms with Crippen LogP contribution in [-0.2, 0) is 22.3 Å². The molecule has 1 fully saturated rings. The maximum Gasteiger partial charge on any atom is 0.289 e. The van der Waals surface area contributed by atoms with Gasteiger partial charge in [0.15, 0.2) is 5.76 Å². The van der Waals surface area contributed by atoms with E-state index >= 15 is 0 Å². The molecule has 3 aromatic rings. The van der Waals surface area contributed by atoms with Crippen molar-refractivity contribution in [1.29, 1.82) is 0 Å². The van der Waals surface area contributed by atoms with Gasteiger partial charge < -0.3 is 14.2 Å². The van der Waals surface area contributed by atoms with E-state index in [1.54, 1.807) is 29.2 Å². The van der Waals surface area contributed by atoms with E-state index in [0.717, 1.165) is 29.9 Å². The summed E-state index contributed by atoms with van der Waals surface area (Å²) >= 11 is 12.0. The normalized spacial score (nSPS) is 15.1. The van der Waals surface area contributed by atoms with Crippen LogP contribution >= 0.6 is 23.2 Å². The Bertz CT molecular complexity index is 1120. The minimum atomic E-state index is -1.14. The zero-order valence-corrected chi connectivity index (χ0v) is 20.1. The van der Waals surface area contributed by atoms with Crippen LogP contribution in [0.4, 0.5) is 5.69 Å². The predicted octanol–water partition coefficient (Wildman–Crippen LogP) is 5.31. The van der Waals surface area contributed by atoms with Crippen molar-refractivity contribution in [3.05, 3.63) is 87.3 Å². The van der Waals surface area contributed by atoms with Crippen LogP contribution in [0.3, 0.4) is 0 Å². The van der Waals surface area contributed by atoms with Gasteiger partial charge in [0.25, 0.3) is 5.91 Å². The van der Waals surface area contributed by atoms with Crippen LogP contribution in [0.5, 0.6) is 0 Å². The monoisotopic (exact) mass is 490 g/mol. The first-order chi connectivity index (χ1) is 15.4. The summed E-state index contributed by atoms with van der Waals surface area (Å²) in [5.41, 5.74) is 3.22. The van der Waals surface area contributed by atoms with Gasteiger partial charge in [0, 0.05) is 58.5 Å². The molecule has 0 radical (unpaired) electrons. The van der Waals surface area contributed by atoms with E-state index in [1.807, 2.05) is 30.3 Å². The highest BCUT2D eigenvalue weighted by Gasteiger charge is 2.25. The Balaban J connectivity index is 1.32. The third kappa shape index (κ3) is 5.55. The van der Waals surface area contributed by atoms with E-state index in [9.17, 15) is 9.00 Å². The number of rotatable bonds is 6. The highest BCUT2D eigenvalue weighted by molar-refractivity contribution is 7.83. The molecule has 4 rings (SSSR count). The molecule has 0 aliphatic carbocycles. The number of hydrogen-bond donors (Lipinski definition) is 0. The number of furan rings is 1. The van der Waals surface area contributed by atoms with Crippen LogP contribution < -0.4 is 4.90 Å². The van der Waals surface area contributed by atoms with Gasteiger partial charge in [0.1, 0.15) is 5.76 Å². The lowest BCUT2D eigenvalue weighted by Gasteiger charge is -2.36. The number of hydrogen-bond acceptors (Lipinski definition) is 4. The molecule has 8 heteroatoms. The van der Waals surface area contributed by atoms with Crippen LogP contribution in [0.15, 0.2) is 59.0 Å². The lowest BCUT2D eigenvalue weighted by Crippen LogP contribution is -2.48. The van der Waals surface area contributed by atoms with Crippen molar-refractivity contribution in [3.8, 4) is 0 Å². The fourth-order valence-electron chi connectivity index (χ4n) is 3.78. The van der Waals surface area contributed by atoms with E-state index in [-0.39, 0.29) is 17.4 Å². The van der Waals surface area contributed by atoms with E-state index in [1.165, 1.54) is 0 Å². The molecule has 32 heavy (non-hydrogen) atoms. The van der Waals surface area contributed by atoms with E-state index in [4.69, 9.17) is 27.6 Å². The van der Waals surface area contributed by atoms with Gasteiger partial charge in [0.2, 0.25) is 0 Å². The minimum Gasteiger partial charge on any atom is -0.455 e. The molecule has 0 N–H and O–H groups in total. The van der Waals surface area contributed by atoms with Gasteiger partial charge in [-0.1, -0.05) is 41.4 Å². The first kappa shape index (κ1) is 22.9. The number of aryl methyl sites for hydroxylation is 1. The molecule has 2 aromatic carbocycles. The van der Waals surface area contributed by atoms with Crippen LogP contribution in [-0.4, -0.2) is 41.2 Å². The Morgan fingerprint density at radius 1 is 0.938 bits per heavy atom. The number of amides is 1. The third-order valence-electron chi connectivity index (χ3n) is 5.50. The molecule has 1 atom stereocenters. The van der Waals surface area contributed by atoms with Gasteiger partial charge in [-0.3, -0.25) is 9.00 Å². The molecular weight excluding hydrogens is 467 g/mol. The second-order valence-corrected chi connectivity index (χ2v) is 10.2. The highest BCUT2D eigenvalue weighted by atomic mass is 35.5. The average Bonchev–Trinajstić information content (AvgIpc) is 3.25. The van der Waals surface area contributed by atoms with Crippen molar-refractivity contribution >= 4 is 45.6 Å². The summed E-state index contributed by atoms with van der Waals surface area (Å²) in [6.07, 6.45) is 0. The Morgan fingerprint density at radius 3 is 2.34 bits per heavy atom. The van der Waals surface area contributed by atoms with Crippen molar-refractivity contribution in [2.24, 2.45) is 0 Å². The Hall–Kier alpha value is -2.28. The maximum absolute atomic E-state index is 12.9. The standard InChI is InChI=1S/C24H24Cl2N2O3S/c1-17-2-5-20(26)14-22(17)27-10-12-28(13-11-27)24(29)23-9-8-21(31-23)16-32(30)15-18-3-6-19(25)7-4-18/h2-9,14H,10-13,15-16H2,1H3/t32-/m0/s1. The number of nitrogens with zero attached hydrogens (tertiary/aromatic N) is 2. The number of benzene rings is 2. The van der Waals surface area contributed by atoms with Crippen molar-refractivity contribution in [1.82, 2.24) is 4.90 Å². The van der Waals surface area contributed by atoms with Crippen LogP contribution in [0, 0.1) is 6.92 Å². The van der Waals surface area contributed by atoms with Crippen molar-refractivity contribution in [2.75, 3.05) is 31.1 Å². The molecule has 0 unspecified atom stereocenters. The molecule has 1 aliphatic heterocycles. The molecule has 5 nitrogen and oxygen atoms in total. The predicted molar refractivity (Wildman–Crippen MR) is 130 cm³/mol. The molecule has 168 valence electrons. The fourth-order valence-corrected chi connectivity index (χ4v) is 5.21. The second-order valence-electron chi connectivity index (χ2n) is 7.83. The molecular formula is C24H24Cl2N2O3S. The summed E-state index contributed by atoms with van der Waals surface area (Å²) in [6, 6.07) is 16.6. The smallest absolute Gasteiger partial charge is 0.289 e. The largest absolute Gasteiger partial charge is 0.455 e. The quantitative estimate of drug-likeness (QED) is 0.469. The maximum atomic E-state index is 12.9. The fraction of sp³-hybridized carbons (Fsp3) is 0.292. The minimum absolute atomic E-state index is 0.137. The van der Waals surface area contributed by atoms with E-state index in [2.05, 4.69) is 11.8 Å². The Kier molecular flexibility index (Phi) is 7.23. The van der Waals surface area contributed by atoms with Crippen LogP contribution in [0.25, 0.3) is 0 Å². The van der Waals surface area contributed by atoms with Crippen molar-refractivity contribution in [2.45, 2.75) is 18.4 Å². The first-order valence-electron chi connectivity index (χ1n) is 10.4. The molecule has 1 aliphatic rings. The second kappa shape index (κ2) is 10.1. The van der Waals surface area contributed by atoms with Gasteiger partial charge in [-0.05, 0) is 54.4 Å². The molecule has 1 aromatic heterocycles. The number of carbonyl (C=O) groups is 1. The number of halogens is 2. The lowest BCUT2D eigenvalue weighted by molar-refractivity contribution is 0.0713. The van der Waals surface area contributed by atoms with Crippen molar-refractivity contribution in [3.63, 3.8) is 0 Å². The molecule has 2 heterocycles. The first-order valence-corrected chi connectivity index (χ1v) is 12.6. The zero-order chi connectivity index (χ0) is 22.7. The topological polar surface area (TPSA) is 53.8 Å². The molecule has 0 saturated carbocycles. The summed E-state index contributed by atoms with van der Waals surface area (Å²) in [7, 11) is -1.14. The Labute approximate surface area is 200 Å². The number of carbonyl (C=O) groups excluding carboxylic acids is 1. The van der Waals surface area contributed by atoms with Gasteiger partial charge in [0.05, 0.1) is 5.75 Å². The molecule has 0 spiro atoms. The van der Waals surface area contributed by atoms with Gasteiger partial charge >= 0.3 is 0 Å². The van der Waals surface area contributed by atoms with Gasteiger partial charge in [-0.25, -0.2) is 0 Å². The van der Waals surface area contributed by atoms with E-state index in [0.29, 0.717) is 34.6 Å². The van der Waals surface area contributed by atoms with Crippen LogP contribution in [0.2, 0.25) is 10.0 Å². The summed E-state index contributed by atoms with van der Waals surface area (Å²) in [5, 5.41) is 1.36. The molecule has 1 saturated heterocycles. The van der Waals surface area contributed by atoms with Crippen molar-refractivity contribution < 1.29 is 13.4 Å². The number of piperazine rings is 1. The SMILES string of the molecule is Cc1ccc(Cl)cc1N1CCN(C(=O)c2ccc(C[S@@](=O)Cc3ccc(Cl)cc3)o2)CC1. The summed E-state index contributed by atoms with van der Waals surface area (Å²) in [4.78, 5) is 16.9.